The van der Waals surface area contributed by atoms with Crippen molar-refractivity contribution in [3.05, 3.63) is 34.9 Å². The van der Waals surface area contributed by atoms with E-state index in [0.29, 0.717) is 5.02 Å². The van der Waals surface area contributed by atoms with Crippen molar-refractivity contribution in [2.45, 2.75) is 6.92 Å². The van der Waals surface area contributed by atoms with E-state index in [9.17, 15) is 9.90 Å². The number of carbonyl (C=O) groups is 1. The van der Waals surface area contributed by atoms with Gasteiger partial charge in [-0.2, -0.15) is 0 Å². The third-order valence-electron chi connectivity index (χ3n) is 1.48. The van der Waals surface area contributed by atoms with Crippen molar-refractivity contribution < 1.29 is 9.90 Å². The van der Waals surface area contributed by atoms with Gasteiger partial charge in [-0.15, -0.1) is 0 Å². The van der Waals surface area contributed by atoms with E-state index in [-0.39, 0.29) is 11.5 Å². The number of phenols is 1. The summed E-state index contributed by atoms with van der Waals surface area (Å²) in [4.78, 5) is 10.6. The quantitative estimate of drug-likeness (QED) is 0.739. The molecule has 1 rings (SSSR count). The van der Waals surface area contributed by atoms with Gasteiger partial charge in [0.25, 0.3) is 0 Å². The van der Waals surface area contributed by atoms with Crippen LogP contribution in [0.15, 0.2) is 24.3 Å². The molecule has 0 amide bonds. The van der Waals surface area contributed by atoms with E-state index in [1.54, 1.807) is 18.2 Å². The maximum absolute atomic E-state index is 10.6. The molecule has 0 aliphatic rings. The smallest absolute Gasteiger partial charge is 0.152 e. The van der Waals surface area contributed by atoms with Crippen LogP contribution in [0, 0.1) is 0 Å². The monoisotopic (exact) mass is 196 g/mol. The number of aromatic hydroxyl groups is 1. The van der Waals surface area contributed by atoms with Crippen molar-refractivity contribution in [2.75, 3.05) is 0 Å². The maximum atomic E-state index is 10.6. The lowest BCUT2D eigenvalue weighted by atomic mass is 10.2. The van der Waals surface area contributed by atoms with E-state index in [4.69, 9.17) is 11.6 Å². The van der Waals surface area contributed by atoms with Gasteiger partial charge in [0, 0.05) is 0 Å². The molecular weight excluding hydrogens is 188 g/mol. The largest absolute Gasteiger partial charge is 0.506 e. The molecule has 2 nitrogen and oxygen atoms in total. The van der Waals surface area contributed by atoms with Crippen molar-refractivity contribution in [1.82, 2.24) is 0 Å². The van der Waals surface area contributed by atoms with Crippen LogP contribution in [-0.2, 0) is 4.79 Å². The SMILES string of the molecule is CC(=O)/C=C/c1ccc(Cl)c(O)c1. The average Bonchev–Trinajstić information content (AvgIpc) is 2.07. The minimum Gasteiger partial charge on any atom is -0.506 e. The number of hydrogen-bond acceptors (Lipinski definition) is 2. The summed E-state index contributed by atoms with van der Waals surface area (Å²) < 4.78 is 0. The van der Waals surface area contributed by atoms with Gasteiger partial charge in [0.15, 0.2) is 5.78 Å². The van der Waals surface area contributed by atoms with Gasteiger partial charge in [-0.1, -0.05) is 23.7 Å². The van der Waals surface area contributed by atoms with Crippen molar-refractivity contribution >= 4 is 23.5 Å². The van der Waals surface area contributed by atoms with Crippen LogP contribution in [0.1, 0.15) is 12.5 Å². The Bertz CT molecular complexity index is 356. The number of hydrogen-bond donors (Lipinski definition) is 1. The number of halogens is 1. The van der Waals surface area contributed by atoms with Crippen molar-refractivity contribution in [3.8, 4) is 5.75 Å². The normalized spacial score (nSPS) is 10.6. The molecular formula is C10H9ClO2. The lowest BCUT2D eigenvalue weighted by molar-refractivity contribution is -0.112. The topological polar surface area (TPSA) is 37.3 Å². The fourth-order valence-corrected chi connectivity index (χ4v) is 0.964. The number of phenolic OH excluding ortho intramolecular Hbond substituents is 1. The van der Waals surface area contributed by atoms with E-state index in [2.05, 4.69) is 0 Å². The van der Waals surface area contributed by atoms with Crippen LogP contribution in [0.25, 0.3) is 6.08 Å². The van der Waals surface area contributed by atoms with Gasteiger partial charge in [-0.25, -0.2) is 0 Å². The zero-order valence-electron chi connectivity index (χ0n) is 7.12. The highest BCUT2D eigenvalue weighted by atomic mass is 35.5. The van der Waals surface area contributed by atoms with Gasteiger partial charge >= 0.3 is 0 Å². The minimum absolute atomic E-state index is 0.0207. The first-order valence-corrected chi connectivity index (χ1v) is 4.14. The Labute approximate surface area is 81.5 Å². The van der Waals surface area contributed by atoms with E-state index in [1.165, 1.54) is 19.1 Å². The van der Waals surface area contributed by atoms with E-state index >= 15 is 0 Å². The molecule has 0 saturated carbocycles. The van der Waals surface area contributed by atoms with Gasteiger partial charge in [0.2, 0.25) is 0 Å². The highest BCUT2D eigenvalue weighted by Crippen LogP contribution is 2.24. The van der Waals surface area contributed by atoms with Crippen LogP contribution in [0.3, 0.4) is 0 Å². The number of benzene rings is 1. The second kappa shape index (κ2) is 4.10. The summed E-state index contributed by atoms with van der Waals surface area (Å²) in [6, 6.07) is 4.81. The second-order valence-corrected chi connectivity index (χ2v) is 3.06. The van der Waals surface area contributed by atoms with E-state index < -0.39 is 0 Å². The number of allylic oxidation sites excluding steroid dienone is 1. The molecule has 1 aromatic carbocycles. The number of carbonyl (C=O) groups excluding carboxylic acids is 1. The standard InChI is InChI=1S/C10H9ClO2/c1-7(12)2-3-8-4-5-9(11)10(13)6-8/h2-6,13H,1H3/b3-2+. The number of rotatable bonds is 2. The fourth-order valence-electron chi connectivity index (χ4n) is 0.847. The van der Waals surface area contributed by atoms with Crippen molar-refractivity contribution in [1.29, 1.82) is 0 Å². The predicted octanol–water partition coefficient (Wildman–Crippen LogP) is 2.65. The van der Waals surface area contributed by atoms with Gasteiger partial charge < -0.3 is 5.11 Å². The summed E-state index contributed by atoms with van der Waals surface area (Å²) in [6.07, 6.45) is 3.06. The van der Waals surface area contributed by atoms with Gasteiger partial charge in [0.1, 0.15) is 5.75 Å². The van der Waals surface area contributed by atoms with E-state index in [1.807, 2.05) is 0 Å². The summed E-state index contributed by atoms with van der Waals surface area (Å²) in [7, 11) is 0. The van der Waals surface area contributed by atoms with E-state index in [0.717, 1.165) is 5.56 Å². The molecule has 3 heteroatoms. The van der Waals surface area contributed by atoms with Crippen LogP contribution < -0.4 is 0 Å². The molecule has 1 aromatic rings. The predicted molar refractivity (Wildman–Crippen MR) is 52.8 cm³/mol. The molecule has 0 saturated heterocycles. The van der Waals surface area contributed by atoms with Gasteiger partial charge in [-0.05, 0) is 30.7 Å². The summed E-state index contributed by atoms with van der Waals surface area (Å²) in [5.74, 6) is -0.0122. The van der Waals surface area contributed by atoms with Crippen LogP contribution in [-0.4, -0.2) is 10.9 Å². The molecule has 0 aliphatic carbocycles. The van der Waals surface area contributed by atoms with Crippen LogP contribution >= 0.6 is 11.6 Å². The van der Waals surface area contributed by atoms with Gasteiger partial charge in [-0.3, -0.25) is 4.79 Å². The van der Waals surface area contributed by atoms with Crippen LogP contribution in [0.5, 0.6) is 5.75 Å². The molecule has 0 spiro atoms. The zero-order valence-corrected chi connectivity index (χ0v) is 7.88. The second-order valence-electron chi connectivity index (χ2n) is 2.65. The minimum atomic E-state index is -0.0329. The molecule has 0 aromatic heterocycles. The molecule has 0 radical (unpaired) electrons. The summed E-state index contributed by atoms with van der Waals surface area (Å²) in [6.45, 7) is 1.46. The average molecular weight is 197 g/mol. The van der Waals surface area contributed by atoms with Crippen molar-refractivity contribution in [3.63, 3.8) is 0 Å². The molecule has 1 N–H and O–H groups in total. The van der Waals surface area contributed by atoms with Crippen LogP contribution in [0.2, 0.25) is 5.02 Å². The molecule has 0 heterocycles. The first-order valence-electron chi connectivity index (χ1n) is 3.77. The third-order valence-corrected chi connectivity index (χ3v) is 1.80. The molecule has 0 aliphatic heterocycles. The Morgan fingerprint density at radius 2 is 2.23 bits per heavy atom. The lowest BCUT2D eigenvalue weighted by Crippen LogP contribution is -1.80. The third kappa shape index (κ3) is 2.92. The molecule has 13 heavy (non-hydrogen) atoms. The lowest BCUT2D eigenvalue weighted by Gasteiger charge is -1.97. The fraction of sp³-hybridized carbons (Fsp3) is 0.100. The maximum Gasteiger partial charge on any atom is 0.152 e. The zero-order chi connectivity index (χ0) is 9.84. The Balaban J connectivity index is 2.92. The Morgan fingerprint density at radius 3 is 2.77 bits per heavy atom. The highest BCUT2D eigenvalue weighted by Gasteiger charge is 1.96. The van der Waals surface area contributed by atoms with Crippen LogP contribution in [0.4, 0.5) is 0 Å². The molecule has 0 bridgehead atoms. The first kappa shape index (κ1) is 9.81. The summed E-state index contributed by atoms with van der Waals surface area (Å²) >= 11 is 5.60. The Hall–Kier alpha value is -1.28. The highest BCUT2D eigenvalue weighted by molar-refractivity contribution is 6.32. The molecule has 68 valence electrons. The number of ketones is 1. The summed E-state index contributed by atoms with van der Waals surface area (Å²) in [5, 5.41) is 9.52. The Morgan fingerprint density at radius 1 is 1.54 bits per heavy atom. The van der Waals surface area contributed by atoms with Gasteiger partial charge in [0.05, 0.1) is 5.02 Å². The molecule has 0 unspecified atom stereocenters. The summed E-state index contributed by atoms with van der Waals surface area (Å²) in [5.41, 5.74) is 0.747. The molecule has 0 atom stereocenters. The Kier molecular flexibility index (Phi) is 3.09. The van der Waals surface area contributed by atoms with Crippen molar-refractivity contribution in [2.24, 2.45) is 0 Å². The first-order chi connectivity index (χ1) is 6.09. The molecule has 0 fully saturated rings.